The van der Waals surface area contributed by atoms with Crippen LogP contribution in [0.1, 0.15) is 26.2 Å². The lowest BCUT2D eigenvalue weighted by Crippen LogP contribution is -2.50. The highest BCUT2D eigenvalue weighted by Crippen LogP contribution is 2.29. The summed E-state index contributed by atoms with van der Waals surface area (Å²) in [5.41, 5.74) is -0.406. The zero-order valence-electron chi connectivity index (χ0n) is 11.1. The Kier molecular flexibility index (Phi) is 4.25. The number of benzene rings is 1. The summed E-state index contributed by atoms with van der Waals surface area (Å²) in [5.74, 6) is -0.158. The number of halogens is 1. The van der Waals surface area contributed by atoms with Crippen LogP contribution in [0.5, 0.6) is 0 Å². The van der Waals surface area contributed by atoms with Crippen molar-refractivity contribution in [1.29, 1.82) is 0 Å². The number of amides is 1. The fourth-order valence-electron chi connectivity index (χ4n) is 2.44. The molecule has 0 radical (unpaired) electrons. The fraction of sp³-hybridized carbons (Fsp3) is 0.462. The van der Waals surface area contributed by atoms with E-state index in [-0.39, 0.29) is 16.6 Å². The lowest BCUT2D eigenvalue weighted by Gasteiger charge is -2.26. The number of nitrogens with one attached hydrogen (secondary N) is 2. The summed E-state index contributed by atoms with van der Waals surface area (Å²) in [7, 11) is 0. The largest absolute Gasteiger partial charge is 0.324 e. The van der Waals surface area contributed by atoms with Gasteiger partial charge >= 0.3 is 0 Å². The zero-order chi connectivity index (χ0) is 14.8. The average Bonchev–Trinajstić information content (AvgIpc) is 2.90. The molecule has 0 bridgehead atoms. The van der Waals surface area contributed by atoms with Crippen molar-refractivity contribution in [3.63, 3.8) is 0 Å². The Labute approximate surface area is 121 Å². The van der Waals surface area contributed by atoms with E-state index in [4.69, 9.17) is 11.6 Å². The molecule has 1 amide bonds. The molecule has 2 rings (SSSR count). The van der Waals surface area contributed by atoms with E-state index in [9.17, 15) is 14.9 Å². The van der Waals surface area contributed by atoms with Gasteiger partial charge in [0.25, 0.3) is 5.69 Å². The van der Waals surface area contributed by atoms with Gasteiger partial charge in [-0.1, -0.05) is 18.5 Å². The zero-order valence-corrected chi connectivity index (χ0v) is 11.9. The van der Waals surface area contributed by atoms with Crippen LogP contribution >= 0.6 is 11.6 Å². The predicted molar refractivity (Wildman–Crippen MR) is 77.0 cm³/mol. The Morgan fingerprint density at radius 3 is 2.90 bits per heavy atom. The van der Waals surface area contributed by atoms with Crippen LogP contribution in [0.2, 0.25) is 5.02 Å². The van der Waals surface area contributed by atoms with E-state index in [1.54, 1.807) is 6.07 Å². The second kappa shape index (κ2) is 5.76. The fourth-order valence-corrected chi connectivity index (χ4v) is 2.63. The highest BCUT2D eigenvalue weighted by Gasteiger charge is 2.39. The van der Waals surface area contributed by atoms with Crippen LogP contribution in [0, 0.1) is 10.1 Å². The molecule has 1 heterocycles. The highest BCUT2D eigenvalue weighted by molar-refractivity contribution is 6.32. The van der Waals surface area contributed by atoms with E-state index >= 15 is 0 Å². The van der Waals surface area contributed by atoms with Crippen molar-refractivity contribution in [2.24, 2.45) is 0 Å². The lowest BCUT2D eigenvalue weighted by molar-refractivity contribution is -0.384. The quantitative estimate of drug-likeness (QED) is 0.661. The topological polar surface area (TPSA) is 84.3 Å². The van der Waals surface area contributed by atoms with Gasteiger partial charge in [-0.25, -0.2) is 0 Å². The molecule has 0 aliphatic carbocycles. The second-order valence-electron chi connectivity index (χ2n) is 4.84. The number of hydrogen-bond donors (Lipinski definition) is 2. The van der Waals surface area contributed by atoms with Crippen LogP contribution in [0.25, 0.3) is 0 Å². The van der Waals surface area contributed by atoms with E-state index in [0.29, 0.717) is 12.1 Å². The number of hydrogen-bond acceptors (Lipinski definition) is 4. The van der Waals surface area contributed by atoms with Crippen LogP contribution < -0.4 is 10.6 Å². The van der Waals surface area contributed by atoms with Gasteiger partial charge in [-0.15, -0.1) is 0 Å². The molecule has 1 atom stereocenters. The second-order valence-corrected chi connectivity index (χ2v) is 5.25. The van der Waals surface area contributed by atoms with E-state index in [1.165, 1.54) is 12.1 Å². The van der Waals surface area contributed by atoms with Crippen LogP contribution in [0.15, 0.2) is 18.2 Å². The van der Waals surface area contributed by atoms with E-state index in [1.807, 2.05) is 6.92 Å². The first-order valence-electron chi connectivity index (χ1n) is 6.49. The van der Waals surface area contributed by atoms with Crippen molar-refractivity contribution in [3.8, 4) is 0 Å². The normalized spacial score (nSPS) is 21.7. The van der Waals surface area contributed by atoms with Gasteiger partial charge in [0.05, 0.1) is 10.5 Å². The lowest BCUT2D eigenvalue weighted by atomic mass is 9.93. The molecule has 7 heteroatoms. The van der Waals surface area contributed by atoms with Gasteiger partial charge in [0.1, 0.15) is 5.02 Å². The van der Waals surface area contributed by atoms with Crippen LogP contribution in [-0.2, 0) is 4.79 Å². The van der Waals surface area contributed by atoms with E-state index in [0.717, 1.165) is 19.4 Å². The molecule has 1 aromatic rings. The van der Waals surface area contributed by atoms with E-state index in [2.05, 4.69) is 10.6 Å². The minimum Gasteiger partial charge on any atom is -0.324 e. The standard InChI is InChI=1S/C13H16ClN3O3/c1-2-13(6-3-7-15-13)12(18)16-9-4-5-10(14)11(8-9)17(19)20/h4-5,8,15H,2-3,6-7H2,1H3,(H,16,18). The smallest absolute Gasteiger partial charge is 0.289 e. The molecule has 0 aromatic heterocycles. The molecule has 6 nitrogen and oxygen atoms in total. The summed E-state index contributed by atoms with van der Waals surface area (Å²) in [6, 6.07) is 4.25. The molecular weight excluding hydrogens is 282 g/mol. The average molecular weight is 298 g/mol. The number of rotatable bonds is 4. The van der Waals surface area contributed by atoms with Gasteiger partial charge < -0.3 is 10.6 Å². The Balaban J connectivity index is 2.19. The van der Waals surface area contributed by atoms with Gasteiger partial charge in [-0.05, 0) is 37.9 Å². The van der Waals surface area contributed by atoms with Gasteiger partial charge in [-0.2, -0.15) is 0 Å². The van der Waals surface area contributed by atoms with Crippen molar-refractivity contribution in [1.82, 2.24) is 5.32 Å². The Hall–Kier alpha value is -1.66. The van der Waals surface area contributed by atoms with Crippen molar-refractivity contribution in [3.05, 3.63) is 33.3 Å². The summed E-state index contributed by atoms with van der Waals surface area (Å²) in [6.07, 6.45) is 2.39. The SMILES string of the molecule is CCC1(C(=O)Nc2ccc(Cl)c([N+](=O)[O-])c2)CCCN1. The maximum atomic E-state index is 12.4. The molecule has 1 aliphatic heterocycles. The molecule has 1 aliphatic rings. The van der Waals surface area contributed by atoms with Crippen LogP contribution in [-0.4, -0.2) is 22.9 Å². The summed E-state index contributed by atoms with van der Waals surface area (Å²) in [4.78, 5) is 22.6. The van der Waals surface area contributed by atoms with E-state index < -0.39 is 10.5 Å². The predicted octanol–water partition coefficient (Wildman–Crippen LogP) is 2.72. The summed E-state index contributed by atoms with van der Waals surface area (Å²) >= 11 is 5.74. The molecule has 1 fully saturated rings. The number of carbonyl (C=O) groups is 1. The molecular formula is C13H16ClN3O3. The monoisotopic (exact) mass is 297 g/mol. The number of carbonyl (C=O) groups excluding carboxylic acids is 1. The number of anilines is 1. The third-order valence-corrected chi connectivity index (χ3v) is 4.00. The third kappa shape index (κ3) is 2.76. The molecule has 20 heavy (non-hydrogen) atoms. The molecule has 1 aromatic carbocycles. The molecule has 0 spiro atoms. The molecule has 1 unspecified atom stereocenters. The summed E-state index contributed by atoms with van der Waals surface area (Å²) in [5, 5.41) is 16.8. The highest BCUT2D eigenvalue weighted by atomic mass is 35.5. The maximum Gasteiger partial charge on any atom is 0.289 e. The summed E-state index contributed by atoms with van der Waals surface area (Å²) in [6.45, 7) is 2.75. The minimum atomic E-state index is -0.575. The number of nitrogens with zero attached hydrogens (tertiary/aromatic N) is 1. The minimum absolute atomic E-state index is 0.0530. The molecule has 108 valence electrons. The maximum absolute atomic E-state index is 12.4. The van der Waals surface area contributed by atoms with Crippen molar-refractivity contribution in [2.45, 2.75) is 31.7 Å². The Morgan fingerprint density at radius 1 is 1.60 bits per heavy atom. The first-order valence-corrected chi connectivity index (χ1v) is 6.87. The molecule has 1 saturated heterocycles. The summed E-state index contributed by atoms with van der Waals surface area (Å²) < 4.78 is 0. The third-order valence-electron chi connectivity index (χ3n) is 3.68. The van der Waals surface area contributed by atoms with Crippen molar-refractivity contribution < 1.29 is 9.72 Å². The van der Waals surface area contributed by atoms with Gasteiger partial charge in [0.15, 0.2) is 0 Å². The van der Waals surface area contributed by atoms with Gasteiger partial charge in [-0.3, -0.25) is 14.9 Å². The van der Waals surface area contributed by atoms with Crippen LogP contribution in [0.3, 0.4) is 0 Å². The number of nitro groups is 1. The van der Waals surface area contributed by atoms with Crippen molar-refractivity contribution in [2.75, 3.05) is 11.9 Å². The van der Waals surface area contributed by atoms with Crippen molar-refractivity contribution >= 4 is 28.9 Å². The molecule has 2 N–H and O–H groups in total. The number of nitro benzene ring substituents is 1. The molecule has 0 saturated carbocycles. The van der Waals surface area contributed by atoms with Gasteiger partial charge in [0, 0.05) is 11.8 Å². The first-order chi connectivity index (χ1) is 9.48. The van der Waals surface area contributed by atoms with Crippen LogP contribution in [0.4, 0.5) is 11.4 Å². The Morgan fingerprint density at radius 2 is 2.35 bits per heavy atom. The Bertz CT molecular complexity index is 542. The first kappa shape index (κ1) is 14.7. The van der Waals surface area contributed by atoms with Gasteiger partial charge in [0.2, 0.25) is 5.91 Å².